The van der Waals surface area contributed by atoms with E-state index in [1.807, 2.05) is 0 Å². The lowest BCUT2D eigenvalue weighted by Crippen LogP contribution is -2.35. The van der Waals surface area contributed by atoms with E-state index in [4.69, 9.17) is 0 Å². The molecule has 0 aliphatic heterocycles. The maximum Gasteiger partial charge on any atom is 0.258 e. The van der Waals surface area contributed by atoms with Crippen LogP contribution in [0.1, 0.15) is 83.4 Å². The second kappa shape index (κ2) is 11.9. The first-order valence-corrected chi connectivity index (χ1v) is 10.5. The van der Waals surface area contributed by atoms with Gasteiger partial charge in [0.15, 0.2) is 0 Å². The normalized spacial score (nSPS) is 11.1. The van der Waals surface area contributed by atoms with Crippen molar-refractivity contribution in [3.63, 3.8) is 0 Å². The number of unbranched alkanes of at least 4 members (excludes halogenated alkanes) is 10. The molecule has 1 aromatic carbocycles. The van der Waals surface area contributed by atoms with Gasteiger partial charge in [-0.2, -0.15) is 0 Å². The third-order valence-corrected chi connectivity index (χ3v) is 5.20. The molecule has 0 atom stereocenters. The van der Waals surface area contributed by atoms with Crippen molar-refractivity contribution >= 4 is 0 Å². The highest BCUT2D eigenvalue weighted by molar-refractivity contribution is 5.31. The molecule has 25 heavy (non-hydrogen) atoms. The number of hydrogen-bond acceptors (Lipinski definition) is 0. The van der Waals surface area contributed by atoms with Crippen LogP contribution in [0.3, 0.4) is 0 Å². The summed E-state index contributed by atoms with van der Waals surface area (Å²) in [5.74, 6) is 1.32. The van der Waals surface area contributed by atoms with Crippen LogP contribution in [-0.2, 0) is 6.54 Å². The van der Waals surface area contributed by atoms with E-state index in [0.717, 1.165) is 6.54 Å². The minimum Gasteiger partial charge on any atom is -0.234 e. The first kappa shape index (κ1) is 19.8. The molecule has 2 nitrogen and oxygen atoms in total. The Morgan fingerprint density at radius 2 is 1.32 bits per heavy atom. The maximum atomic E-state index is 2.39. The van der Waals surface area contributed by atoms with E-state index < -0.39 is 0 Å². The average molecular weight is 342 g/mol. The van der Waals surface area contributed by atoms with Crippen molar-refractivity contribution in [3.8, 4) is 5.69 Å². The number of para-hydroxylation sites is 1. The number of imidazole rings is 1. The number of rotatable bonds is 13. The first-order chi connectivity index (χ1) is 12.3. The summed E-state index contributed by atoms with van der Waals surface area (Å²) in [6.07, 6.45) is 19.9. The molecule has 0 saturated carbocycles. The fourth-order valence-electron chi connectivity index (χ4n) is 3.55. The van der Waals surface area contributed by atoms with Crippen LogP contribution >= 0.6 is 0 Å². The van der Waals surface area contributed by atoms with Gasteiger partial charge < -0.3 is 0 Å². The monoisotopic (exact) mass is 341 g/mol. The highest BCUT2D eigenvalue weighted by Gasteiger charge is 2.13. The van der Waals surface area contributed by atoms with Crippen molar-refractivity contribution in [2.45, 2.75) is 91.0 Å². The number of nitrogens with zero attached hydrogens (tertiary/aromatic N) is 2. The second-order valence-corrected chi connectivity index (χ2v) is 7.28. The molecule has 0 fully saturated rings. The Kier molecular flexibility index (Phi) is 9.40. The zero-order valence-electron chi connectivity index (χ0n) is 16.4. The Morgan fingerprint density at radius 3 is 1.92 bits per heavy atom. The molecule has 0 aliphatic carbocycles. The van der Waals surface area contributed by atoms with Crippen LogP contribution in [0.25, 0.3) is 5.69 Å². The molecular weight excluding hydrogens is 304 g/mol. The minimum atomic E-state index is 1.14. The van der Waals surface area contributed by atoms with Gasteiger partial charge in [0, 0.05) is 6.92 Å². The van der Waals surface area contributed by atoms with Crippen molar-refractivity contribution in [1.29, 1.82) is 0 Å². The molecule has 0 radical (unpaired) electrons. The fraction of sp³-hybridized carbons (Fsp3) is 0.609. The van der Waals surface area contributed by atoms with Gasteiger partial charge in [-0.3, -0.25) is 0 Å². The summed E-state index contributed by atoms with van der Waals surface area (Å²) in [6.45, 7) is 5.64. The molecule has 0 amide bonds. The standard InChI is InChI=1S/C23H37N2/c1-3-4-5-6-7-8-9-10-11-12-16-19-24-20-21-25(22(24)2)23-17-14-13-15-18-23/h13-15,17-18,20-21H,3-12,16,19H2,1-2H3/q+1. The number of aromatic nitrogens is 2. The van der Waals surface area contributed by atoms with Crippen molar-refractivity contribution < 1.29 is 4.57 Å². The molecule has 0 bridgehead atoms. The summed E-state index contributed by atoms with van der Waals surface area (Å²) in [6, 6.07) is 10.6. The molecule has 138 valence electrons. The Morgan fingerprint density at radius 1 is 0.760 bits per heavy atom. The summed E-state index contributed by atoms with van der Waals surface area (Å²) in [7, 11) is 0. The Hall–Kier alpha value is -1.57. The quantitative estimate of drug-likeness (QED) is 0.295. The van der Waals surface area contributed by atoms with E-state index in [1.165, 1.54) is 82.1 Å². The fourth-order valence-corrected chi connectivity index (χ4v) is 3.55. The largest absolute Gasteiger partial charge is 0.258 e. The van der Waals surface area contributed by atoms with Gasteiger partial charge in [0.25, 0.3) is 5.82 Å². The van der Waals surface area contributed by atoms with E-state index >= 15 is 0 Å². The molecule has 0 unspecified atom stereocenters. The molecular formula is C23H37N2+. The summed E-state index contributed by atoms with van der Waals surface area (Å²) < 4.78 is 4.67. The number of hydrogen-bond donors (Lipinski definition) is 0. The van der Waals surface area contributed by atoms with Gasteiger partial charge >= 0.3 is 0 Å². The molecule has 2 rings (SSSR count). The Labute approximate surface area is 154 Å². The van der Waals surface area contributed by atoms with E-state index in [0.29, 0.717) is 0 Å². The molecule has 2 heteroatoms. The second-order valence-electron chi connectivity index (χ2n) is 7.28. The van der Waals surface area contributed by atoms with Gasteiger partial charge in [-0.15, -0.1) is 0 Å². The van der Waals surface area contributed by atoms with Crippen molar-refractivity contribution in [2.75, 3.05) is 0 Å². The van der Waals surface area contributed by atoms with E-state index in [-0.39, 0.29) is 0 Å². The molecule has 2 aromatic rings. The van der Waals surface area contributed by atoms with Gasteiger partial charge in [-0.25, -0.2) is 9.13 Å². The number of benzene rings is 1. The smallest absolute Gasteiger partial charge is 0.234 e. The van der Waals surface area contributed by atoms with Gasteiger partial charge in [0.1, 0.15) is 18.1 Å². The molecule has 1 heterocycles. The number of aryl methyl sites for hydroxylation is 1. The van der Waals surface area contributed by atoms with E-state index in [9.17, 15) is 0 Å². The van der Waals surface area contributed by atoms with Crippen LogP contribution in [0.2, 0.25) is 0 Å². The van der Waals surface area contributed by atoms with Gasteiger partial charge in [0.2, 0.25) is 0 Å². The van der Waals surface area contributed by atoms with Crippen LogP contribution in [0, 0.1) is 6.92 Å². The zero-order valence-corrected chi connectivity index (χ0v) is 16.4. The predicted molar refractivity (Wildman–Crippen MR) is 107 cm³/mol. The average Bonchev–Trinajstić information content (AvgIpc) is 3.01. The first-order valence-electron chi connectivity index (χ1n) is 10.5. The van der Waals surface area contributed by atoms with Crippen molar-refractivity contribution in [3.05, 3.63) is 48.5 Å². The lowest BCUT2D eigenvalue weighted by molar-refractivity contribution is -0.702. The highest BCUT2D eigenvalue weighted by Crippen LogP contribution is 2.12. The molecule has 0 spiro atoms. The zero-order chi connectivity index (χ0) is 17.7. The van der Waals surface area contributed by atoms with Crippen LogP contribution < -0.4 is 4.57 Å². The third-order valence-electron chi connectivity index (χ3n) is 5.20. The van der Waals surface area contributed by atoms with Crippen LogP contribution in [0.4, 0.5) is 0 Å². The third kappa shape index (κ3) is 7.05. The highest BCUT2D eigenvalue weighted by atomic mass is 15.1. The maximum absolute atomic E-state index is 2.39. The van der Waals surface area contributed by atoms with Gasteiger partial charge in [-0.1, -0.05) is 82.9 Å². The molecule has 0 N–H and O–H groups in total. The van der Waals surface area contributed by atoms with Crippen LogP contribution in [0.5, 0.6) is 0 Å². The van der Waals surface area contributed by atoms with Crippen molar-refractivity contribution in [1.82, 2.24) is 4.57 Å². The topological polar surface area (TPSA) is 8.81 Å². The SMILES string of the molecule is CCCCCCCCCCCCC[n+]1ccn(-c2ccccc2)c1C. The summed E-state index contributed by atoms with van der Waals surface area (Å²) in [5.41, 5.74) is 1.25. The molecule has 1 aromatic heterocycles. The molecule has 0 aliphatic rings. The van der Waals surface area contributed by atoms with Crippen LogP contribution in [-0.4, -0.2) is 4.57 Å². The lowest BCUT2D eigenvalue weighted by Gasteiger charge is -2.03. The van der Waals surface area contributed by atoms with Crippen molar-refractivity contribution in [2.24, 2.45) is 0 Å². The Bertz CT molecular complexity index is 571. The van der Waals surface area contributed by atoms with Crippen LogP contribution in [0.15, 0.2) is 42.7 Å². The summed E-state index contributed by atoms with van der Waals surface area (Å²) in [5, 5.41) is 0. The minimum absolute atomic E-state index is 1.14. The molecule has 0 saturated heterocycles. The van der Waals surface area contributed by atoms with Gasteiger partial charge in [-0.05, 0) is 25.0 Å². The Balaban J connectivity index is 1.56. The summed E-state index contributed by atoms with van der Waals surface area (Å²) in [4.78, 5) is 0. The van der Waals surface area contributed by atoms with E-state index in [1.54, 1.807) is 0 Å². The predicted octanol–water partition coefficient (Wildman–Crippen LogP) is 6.38. The van der Waals surface area contributed by atoms with E-state index in [2.05, 4.69) is 65.7 Å². The van der Waals surface area contributed by atoms with Gasteiger partial charge in [0.05, 0.1) is 6.54 Å². The summed E-state index contributed by atoms with van der Waals surface area (Å²) >= 11 is 0. The lowest BCUT2D eigenvalue weighted by atomic mass is 10.1.